The largest absolute Gasteiger partial charge is 0.210 e. The molecule has 0 fully saturated rings. The van der Waals surface area contributed by atoms with Crippen LogP contribution in [0.1, 0.15) is 59.1 Å². The van der Waals surface area contributed by atoms with E-state index in [1.807, 2.05) is 0 Å². The van der Waals surface area contributed by atoms with Gasteiger partial charge in [0, 0.05) is 0 Å². The van der Waals surface area contributed by atoms with Crippen molar-refractivity contribution in [2.75, 3.05) is 0 Å². The molecule has 0 atom stereocenters. The maximum atomic E-state index is 2.41. The van der Waals surface area contributed by atoms with Gasteiger partial charge >= 0.3 is 0 Å². The maximum Gasteiger partial charge on any atom is -0.0509 e. The van der Waals surface area contributed by atoms with Gasteiger partial charge in [-0.25, -0.2) is 12.1 Å². The van der Waals surface area contributed by atoms with Crippen LogP contribution in [0.5, 0.6) is 0 Å². The molecule has 0 heteroatoms. The second-order valence-corrected chi connectivity index (χ2v) is 6.64. The Morgan fingerprint density at radius 1 is 0.650 bits per heavy atom. The van der Waals surface area contributed by atoms with Crippen LogP contribution in [0.4, 0.5) is 0 Å². The monoisotopic (exact) mass is 264 g/mol. The summed E-state index contributed by atoms with van der Waals surface area (Å²) in [6.07, 6.45) is 13.4. The molecule has 0 spiro atoms. The van der Waals surface area contributed by atoms with Crippen molar-refractivity contribution >= 4 is 0 Å². The minimum atomic E-state index is 1.26. The van der Waals surface area contributed by atoms with Crippen molar-refractivity contribution in [1.29, 1.82) is 0 Å². The first-order chi connectivity index (χ1) is 9.92. The zero-order valence-electron chi connectivity index (χ0n) is 12.4. The predicted octanol–water partition coefficient (Wildman–Crippen LogP) is 4.67. The van der Waals surface area contributed by atoms with Crippen molar-refractivity contribution < 1.29 is 0 Å². The third kappa shape index (κ3) is 2.16. The van der Waals surface area contributed by atoms with Gasteiger partial charge in [-0.15, -0.1) is 0 Å². The van der Waals surface area contributed by atoms with Crippen LogP contribution in [0.15, 0.2) is 24.3 Å². The Balaban J connectivity index is 1.50. The third-order valence-corrected chi connectivity index (χ3v) is 5.43. The van der Waals surface area contributed by atoms with E-state index in [0.717, 1.165) is 0 Å². The minimum absolute atomic E-state index is 1.26. The molecule has 0 amide bonds. The molecular weight excluding hydrogens is 240 g/mol. The average molecular weight is 264 g/mol. The van der Waals surface area contributed by atoms with E-state index >= 15 is 0 Å². The zero-order chi connectivity index (χ0) is 13.4. The van der Waals surface area contributed by atoms with Crippen LogP contribution in [0.2, 0.25) is 0 Å². The van der Waals surface area contributed by atoms with Crippen LogP contribution in [0.25, 0.3) is 0 Å². The molecule has 0 saturated heterocycles. The molecule has 0 aromatic heterocycles. The molecule has 0 N–H and O–H groups in total. The number of hydrogen-bond donors (Lipinski definition) is 0. The molecule has 2 aliphatic rings. The van der Waals surface area contributed by atoms with Gasteiger partial charge < -0.3 is 0 Å². The molecule has 0 unspecified atom stereocenters. The Morgan fingerprint density at radius 3 is 1.60 bits per heavy atom. The van der Waals surface area contributed by atoms with Gasteiger partial charge in [0.1, 0.15) is 0 Å². The molecule has 2 aliphatic carbocycles. The Kier molecular flexibility index (Phi) is 3.26. The van der Waals surface area contributed by atoms with E-state index in [4.69, 9.17) is 0 Å². The van der Waals surface area contributed by atoms with Gasteiger partial charge in [0.25, 0.3) is 0 Å². The Morgan fingerprint density at radius 2 is 1.10 bits per heavy atom. The van der Waals surface area contributed by atoms with E-state index in [-0.39, 0.29) is 0 Å². The number of rotatable bonds is 3. The topological polar surface area (TPSA) is 0 Å². The second-order valence-electron chi connectivity index (χ2n) is 6.64. The summed E-state index contributed by atoms with van der Waals surface area (Å²) in [5, 5.41) is 0. The van der Waals surface area contributed by atoms with E-state index in [0.29, 0.717) is 0 Å². The highest BCUT2D eigenvalue weighted by Gasteiger charge is 2.08. The van der Waals surface area contributed by atoms with E-state index in [9.17, 15) is 0 Å². The van der Waals surface area contributed by atoms with Crippen LogP contribution >= 0.6 is 0 Å². The normalized spacial score (nSPS) is 17.8. The summed E-state index contributed by atoms with van der Waals surface area (Å²) in [7, 11) is 0. The van der Waals surface area contributed by atoms with Crippen LogP contribution < -0.4 is 0 Å². The standard InChI is InChI=1S/C20H24/c1-3-7-19-15(5-1)9-11-17(19)13-14-18-12-10-16-6-2-4-8-20(16)18/h9-12H,1-8,13-14H2/q-2. The molecule has 0 aliphatic heterocycles. The van der Waals surface area contributed by atoms with Gasteiger partial charge in [-0.1, -0.05) is 64.2 Å². The van der Waals surface area contributed by atoms with Crippen molar-refractivity contribution in [3.63, 3.8) is 0 Å². The smallest absolute Gasteiger partial charge is 0.0509 e. The quantitative estimate of drug-likeness (QED) is 0.707. The summed E-state index contributed by atoms with van der Waals surface area (Å²) >= 11 is 0. The van der Waals surface area contributed by atoms with E-state index in [2.05, 4.69) is 24.3 Å². The van der Waals surface area contributed by atoms with Crippen LogP contribution in [0.3, 0.4) is 0 Å². The van der Waals surface area contributed by atoms with E-state index < -0.39 is 0 Å². The first-order valence-corrected chi connectivity index (χ1v) is 8.44. The Hall–Kier alpha value is -1.30. The lowest BCUT2D eigenvalue weighted by molar-refractivity contribution is 0.679. The van der Waals surface area contributed by atoms with Gasteiger partial charge in [0.05, 0.1) is 0 Å². The van der Waals surface area contributed by atoms with Gasteiger partial charge in [-0.05, 0) is 0 Å². The molecule has 20 heavy (non-hydrogen) atoms. The van der Waals surface area contributed by atoms with Gasteiger partial charge in [-0.3, -0.25) is 0 Å². The molecule has 2 aromatic rings. The van der Waals surface area contributed by atoms with Crippen molar-refractivity contribution in [2.24, 2.45) is 0 Å². The lowest BCUT2D eigenvalue weighted by Gasteiger charge is -2.23. The molecular formula is C20H24-2. The van der Waals surface area contributed by atoms with Crippen LogP contribution in [-0.2, 0) is 38.5 Å². The minimum Gasteiger partial charge on any atom is -0.210 e. The molecule has 0 nitrogen and oxygen atoms in total. The Labute approximate surface area is 122 Å². The molecule has 2 aromatic carbocycles. The Bertz CT molecular complexity index is 539. The first-order valence-electron chi connectivity index (χ1n) is 8.44. The molecule has 0 saturated carbocycles. The van der Waals surface area contributed by atoms with E-state index in [1.165, 1.54) is 64.2 Å². The van der Waals surface area contributed by atoms with Crippen LogP contribution in [0, 0.1) is 0 Å². The van der Waals surface area contributed by atoms with Crippen molar-refractivity contribution in [2.45, 2.75) is 64.2 Å². The highest BCUT2D eigenvalue weighted by Crippen LogP contribution is 2.30. The summed E-state index contributed by atoms with van der Waals surface area (Å²) in [6, 6.07) is 9.60. The molecule has 0 heterocycles. The molecule has 0 bridgehead atoms. The summed E-state index contributed by atoms with van der Waals surface area (Å²) in [5.74, 6) is 0. The molecule has 4 rings (SSSR count). The van der Waals surface area contributed by atoms with Gasteiger partial charge in [0.15, 0.2) is 0 Å². The van der Waals surface area contributed by atoms with Gasteiger partial charge in [-0.2, -0.15) is 45.5 Å². The highest BCUT2D eigenvalue weighted by atomic mass is 14.2. The lowest BCUT2D eigenvalue weighted by atomic mass is 9.90. The fraction of sp³-hybridized carbons (Fsp3) is 0.500. The summed E-state index contributed by atoms with van der Waals surface area (Å²) in [6.45, 7) is 0. The number of fused-ring (bicyclic) bond motifs is 2. The first kappa shape index (κ1) is 12.4. The average Bonchev–Trinajstić information content (AvgIpc) is 3.09. The number of hydrogen-bond acceptors (Lipinski definition) is 0. The highest BCUT2D eigenvalue weighted by molar-refractivity contribution is 5.42. The fourth-order valence-electron chi connectivity index (χ4n) is 4.30. The third-order valence-electron chi connectivity index (χ3n) is 5.43. The number of aryl methyl sites for hydroxylation is 4. The lowest BCUT2D eigenvalue weighted by Crippen LogP contribution is -2.04. The van der Waals surface area contributed by atoms with Gasteiger partial charge in [0.2, 0.25) is 0 Å². The second kappa shape index (κ2) is 5.24. The SMILES string of the molecule is c1c[c-](CC[c-]2ccc3c2CCCC3)c2c1CCCC2. The maximum absolute atomic E-state index is 2.41. The van der Waals surface area contributed by atoms with Crippen LogP contribution in [-0.4, -0.2) is 0 Å². The fourth-order valence-corrected chi connectivity index (χ4v) is 4.30. The van der Waals surface area contributed by atoms with Crippen molar-refractivity contribution in [3.8, 4) is 0 Å². The predicted molar refractivity (Wildman–Crippen MR) is 84.8 cm³/mol. The van der Waals surface area contributed by atoms with Crippen molar-refractivity contribution in [1.82, 2.24) is 0 Å². The summed E-state index contributed by atoms with van der Waals surface area (Å²) < 4.78 is 0. The zero-order valence-corrected chi connectivity index (χ0v) is 12.4. The summed E-state index contributed by atoms with van der Waals surface area (Å²) in [4.78, 5) is 0. The van der Waals surface area contributed by atoms with E-state index in [1.54, 1.807) is 33.4 Å². The summed E-state index contributed by atoms with van der Waals surface area (Å²) in [5.41, 5.74) is 10.00. The van der Waals surface area contributed by atoms with Crippen molar-refractivity contribution in [3.05, 3.63) is 57.6 Å². The molecule has 106 valence electrons. The molecule has 0 radical (unpaired) electrons.